The fourth-order valence-corrected chi connectivity index (χ4v) is 4.12. The summed E-state index contributed by atoms with van der Waals surface area (Å²) in [5.41, 5.74) is 3.61. The van der Waals surface area contributed by atoms with E-state index in [2.05, 4.69) is 17.1 Å². The molecule has 1 aromatic heterocycles. The molecule has 2 aliphatic heterocycles. The summed E-state index contributed by atoms with van der Waals surface area (Å²) < 4.78 is 16.0. The zero-order valence-corrected chi connectivity index (χ0v) is 17.7. The van der Waals surface area contributed by atoms with Gasteiger partial charge in [0.05, 0.1) is 11.1 Å². The van der Waals surface area contributed by atoms with Crippen LogP contribution in [0.15, 0.2) is 42.5 Å². The first-order valence-electron chi connectivity index (χ1n) is 10.6. The summed E-state index contributed by atoms with van der Waals surface area (Å²) in [7, 11) is 0. The lowest BCUT2D eigenvalue weighted by Gasteiger charge is -2.28. The van der Waals surface area contributed by atoms with Gasteiger partial charge in [0.25, 0.3) is 5.91 Å². The Morgan fingerprint density at radius 3 is 2.88 bits per heavy atom. The van der Waals surface area contributed by atoms with Crippen LogP contribution in [0.25, 0.3) is 10.9 Å². The number of nitrogens with one attached hydrogen (secondary N) is 1. The summed E-state index contributed by atoms with van der Waals surface area (Å²) >= 11 is 0. The van der Waals surface area contributed by atoms with Crippen LogP contribution in [0, 0.1) is 0 Å². The first kappa shape index (κ1) is 20.3. The van der Waals surface area contributed by atoms with Crippen molar-refractivity contribution in [1.82, 2.24) is 9.88 Å². The maximum Gasteiger partial charge on any atom is 0.339 e. The Morgan fingerprint density at radius 1 is 1.16 bits per heavy atom. The van der Waals surface area contributed by atoms with Gasteiger partial charge in [-0.05, 0) is 24.7 Å². The van der Waals surface area contributed by atoms with E-state index in [1.54, 1.807) is 18.2 Å². The van der Waals surface area contributed by atoms with Crippen LogP contribution in [0.2, 0.25) is 0 Å². The lowest BCUT2D eigenvalue weighted by molar-refractivity contribution is -0.119. The van der Waals surface area contributed by atoms with Crippen LogP contribution in [0.1, 0.15) is 28.5 Å². The molecule has 3 aromatic rings. The average Bonchev–Trinajstić information content (AvgIpc) is 3.28. The summed E-state index contributed by atoms with van der Waals surface area (Å²) in [6, 6.07) is 12.6. The smallest absolute Gasteiger partial charge is 0.339 e. The van der Waals surface area contributed by atoms with Gasteiger partial charge in [-0.25, -0.2) is 4.79 Å². The van der Waals surface area contributed by atoms with Crippen LogP contribution in [-0.4, -0.2) is 48.2 Å². The molecule has 5 rings (SSSR count). The van der Waals surface area contributed by atoms with Crippen LogP contribution in [0.4, 0.5) is 5.69 Å². The Bertz CT molecular complexity index is 1210. The van der Waals surface area contributed by atoms with Gasteiger partial charge in [-0.3, -0.25) is 14.7 Å². The fourth-order valence-electron chi connectivity index (χ4n) is 4.12. The largest absolute Gasteiger partial charge is 0.454 e. The minimum Gasteiger partial charge on any atom is -0.454 e. The molecule has 0 atom stereocenters. The van der Waals surface area contributed by atoms with E-state index in [0.29, 0.717) is 29.3 Å². The highest BCUT2D eigenvalue weighted by Crippen LogP contribution is 2.34. The summed E-state index contributed by atoms with van der Waals surface area (Å²) in [6.45, 7) is 4.29. The molecular formula is C24H23N3O5. The monoisotopic (exact) mass is 433 g/mol. The molecule has 2 aromatic carbocycles. The van der Waals surface area contributed by atoms with Crippen molar-refractivity contribution in [3.63, 3.8) is 0 Å². The zero-order chi connectivity index (χ0) is 22.1. The second kappa shape index (κ2) is 8.47. The highest BCUT2D eigenvalue weighted by Gasteiger charge is 2.26. The van der Waals surface area contributed by atoms with E-state index < -0.39 is 18.5 Å². The first-order valence-corrected chi connectivity index (χ1v) is 10.6. The number of benzene rings is 2. The Labute approximate surface area is 185 Å². The van der Waals surface area contributed by atoms with E-state index in [1.807, 2.05) is 24.3 Å². The molecule has 8 nitrogen and oxygen atoms in total. The molecule has 0 radical (unpaired) electrons. The Morgan fingerprint density at radius 2 is 2.00 bits per heavy atom. The van der Waals surface area contributed by atoms with Gasteiger partial charge >= 0.3 is 5.97 Å². The normalized spacial score (nSPS) is 14.8. The predicted octanol–water partition coefficient (Wildman–Crippen LogP) is 3.14. The predicted molar refractivity (Wildman–Crippen MR) is 118 cm³/mol. The third-order valence-corrected chi connectivity index (χ3v) is 5.77. The third-order valence-electron chi connectivity index (χ3n) is 5.77. The number of ether oxygens (including phenoxy) is 3. The van der Waals surface area contributed by atoms with Crippen molar-refractivity contribution in [2.75, 3.05) is 31.8 Å². The van der Waals surface area contributed by atoms with E-state index in [0.717, 1.165) is 41.7 Å². The van der Waals surface area contributed by atoms with E-state index in [9.17, 15) is 9.59 Å². The van der Waals surface area contributed by atoms with Crippen molar-refractivity contribution < 1.29 is 23.8 Å². The molecule has 1 amide bonds. The number of amides is 1. The summed E-state index contributed by atoms with van der Waals surface area (Å²) in [6.07, 6.45) is 0.777. The highest BCUT2D eigenvalue weighted by molar-refractivity contribution is 6.06. The maximum atomic E-state index is 13.2. The quantitative estimate of drug-likeness (QED) is 0.618. The minimum absolute atomic E-state index is 0.157. The van der Waals surface area contributed by atoms with Crippen molar-refractivity contribution in [3.05, 3.63) is 59.3 Å². The van der Waals surface area contributed by atoms with Gasteiger partial charge in [0, 0.05) is 47.9 Å². The van der Waals surface area contributed by atoms with Crippen molar-refractivity contribution in [3.8, 4) is 11.5 Å². The molecule has 0 unspecified atom stereocenters. The molecule has 1 N–H and O–H groups in total. The molecule has 0 spiro atoms. The SMILES string of the molecule is CCN1CCc2nc3ccccc3c(C(=O)OCC(=O)Nc3ccc4c(c3)OCO4)c2C1. The number of aromatic nitrogens is 1. The van der Waals surface area contributed by atoms with E-state index in [-0.39, 0.29) is 6.79 Å². The lowest BCUT2D eigenvalue weighted by atomic mass is 9.96. The molecule has 164 valence electrons. The van der Waals surface area contributed by atoms with Crippen molar-refractivity contribution in [2.45, 2.75) is 19.9 Å². The number of nitrogens with zero attached hydrogens (tertiary/aromatic N) is 2. The number of fused-ring (bicyclic) bond motifs is 3. The highest BCUT2D eigenvalue weighted by atomic mass is 16.7. The molecule has 32 heavy (non-hydrogen) atoms. The molecule has 0 saturated carbocycles. The van der Waals surface area contributed by atoms with E-state index >= 15 is 0 Å². The number of likely N-dealkylation sites (N-methyl/N-ethyl adjacent to an activating group) is 1. The number of rotatable bonds is 5. The van der Waals surface area contributed by atoms with Crippen LogP contribution >= 0.6 is 0 Å². The molecule has 0 aliphatic carbocycles. The Hall–Kier alpha value is -3.65. The van der Waals surface area contributed by atoms with Gasteiger partial charge in [-0.2, -0.15) is 0 Å². The third kappa shape index (κ3) is 3.85. The van der Waals surface area contributed by atoms with Gasteiger partial charge < -0.3 is 19.5 Å². The number of esters is 1. The average molecular weight is 433 g/mol. The lowest BCUT2D eigenvalue weighted by Crippen LogP contribution is -2.32. The topological polar surface area (TPSA) is 90.0 Å². The second-order valence-corrected chi connectivity index (χ2v) is 7.74. The molecule has 2 aliphatic rings. The maximum absolute atomic E-state index is 13.2. The van der Waals surface area contributed by atoms with E-state index in [4.69, 9.17) is 19.2 Å². The van der Waals surface area contributed by atoms with Crippen LogP contribution in [0.3, 0.4) is 0 Å². The molecule has 3 heterocycles. The standard InChI is InChI=1S/C24H23N3O5/c1-2-27-10-9-19-17(12-27)23(16-5-3-4-6-18(16)26-19)24(29)30-13-22(28)25-15-7-8-20-21(11-15)32-14-31-20/h3-8,11H,2,9-10,12-14H2,1H3,(H,25,28). The van der Waals surface area contributed by atoms with E-state index in [1.165, 1.54) is 0 Å². The summed E-state index contributed by atoms with van der Waals surface area (Å²) in [5.74, 6) is 0.248. The zero-order valence-electron chi connectivity index (χ0n) is 17.7. The number of para-hydroxylation sites is 1. The summed E-state index contributed by atoms with van der Waals surface area (Å²) in [5, 5.41) is 3.46. The van der Waals surface area contributed by atoms with Gasteiger partial charge in [0.2, 0.25) is 6.79 Å². The van der Waals surface area contributed by atoms with Gasteiger partial charge in [-0.15, -0.1) is 0 Å². The number of carbonyl (C=O) groups is 2. The van der Waals surface area contributed by atoms with Crippen LogP contribution in [-0.2, 0) is 22.5 Å². The second-order valence-electron chi connectivity index (χ2n) is 7.74. The number of carbonyl (C=O) groups excluding carboxylic acids is 2. The Balaban J connectivity index is 1.35. The van der Waals surface area contributed by atoms with Gasteiger partial charge in [0.15, 0.2) is 18.1 Å². The molecule has 8 heteroatoms. The first-order chi connectivity index (χ1) is 15.6. The van der Waals surface area contributed by atoms with Crippen molar-refractivity contribution in [1.29, 1.82) is 0 Å². The summed E-state index contributed by atoms with van der Waals surface area (Å²) in [4.78, 5) is 32.6. The van der Waals surface area contributed by atoms with Crippen LogP contribution < -0.4 is 14.8 Å². The number of hydrogen-bond donors (Lipinski definition) is 1. The molecular weight excluding hydrogens is 410 g/mol. The van der Waals surface area contributed by atoms with Crippen molar-refractivity contribution >= 4 is 28.5 Å². The fraction of sp³-hybridized carbons (Fsp3) is 0.292. The number of anilines is 1. The van der Waals surface area contributed by atoms with Crippen LogP contribution in [0.5, 0.6) is 11.5 Å². The number of pyridine rings is 1. The molecule has 0 bridgehead atoms. The molecule has 0 saturated heterocycles. The minimum atomic E-state index is -0.515. The van der Waals surface area contributed by atoms with Gasteiger partial charge in [0.1, 0.15) is 0 Å². The number of hydrogen-bond acceptors (Lipinski definition) is 7. The van der Waals surface area contributed by atoms with Gasteiger partial charge in [-0.1, -0.05) is 25.1 Å². The Kier molecular flexibility index (Phi) is 5.36. The van der Waals surface area contributed by atoms with Crippen molar-refractivity contribution in [2.24, 2.45) is 0 Å². The molecule has 0 fully saturated rings.